The van der Waals surface area contributed by atoms with Crippen LogP contribution in [0.3, 0.4) is 0 Å². The highest BCUT2D eigenvalue weighted by Crippen LogP contribution is 2.28. The molecule has 3 heterocycles. The number of ether oxygens (including phenoxy) is 2. The summed E-state index contributed by atoms with van der Waals surface area (Å²) in [6.45, 7) is 8.32. The van der Waals surface area contributed by atoms with Crippen LogP contribution in [0.5, 0.6) is 0 Å². The largest absolute Gasteiger partial charge is 0.449 e. The Morgan fingerprint density at radius 2 is 1.71 bits per heavy atom. The zero-order valence-corrected chi connectivity index (χ0v) is 21.5. The monoisotopic (exact) mass is 504 g/mol. The van der Waals surface area contributed by atoms with Crippen molar-refractivity contribution < 1.29 is 23.9 Å². The number of hydrogen-bond acceptors (Lipinski definition) is 7. The molecule has 0 N–H and O–H groups in total. The molecule has 0 radical (unpaired) electrons. The second-order valence-corrected chi connectivity index (χ2v) is 10.8. The predicted octanol–water partition coefficient (Wildman–Crippen LogP) is 2.71. The minimum Gasteiger partial charge on any atom is -0.449 e. The first-order chi connectivity index (χ1) is 16.9. The fourth-order valence-electron chi connectivity index (χ4n) is 4.71. The van der Waals surface area contributed by atoms with Crippen molar-refractivity contribution in [3.05, 3.63) is 35.9 Å². The molecule has 0 spiro atoms. The van der Waals surface area contributed by atoms with Gasteiger partial charge in [-0.15, -0.1) is 11.8 Å². The molecule has 2 unspecified atom stereocenters. The van der Waals surface area contributed by atoms with Gasteiger partial charge in [-0.3, -0.25) is 14.6 Å². The van der Waals surface area contributed by atoms with Gasteiger partial charge < -0.3 is 19.3 Å². The van der Waals surface area contributed by atoms with Crippen molar-refractivity contribution in [2.24, 2.45) is 5.92 Å². The maximum Gasteiger partial charge on any atom is 0.410 e. The number of thioether (sulfide) groups is 1. The van der Waals surface area contributed by atoms with Crippen LogP contribution < -0.4 is 0 Å². The van der Waals surface area contributed by atoms with Crippen molar-refractivity contribution >= 4 is 29.9 Å². The number of rotatable bonds is 6. The molecule has 3 saturated heterocycles. The van der Waals surface area contributed by atoms with E-state index in [0.717, 1.165) is 11.3 Å². The summed E-state index contributed by atoms with van der Waals surface area (Å²) in [7, 11) is 0. The normalized spacial score (nSPS) is 23.1. The molecule has 0 saturated carbocycles. The molecule has 0 bridgehead atoms. The van der Waals surface area contributed by atoms with Gasteiger partial charge in [-0.05, 0) is 17.9 Å². The molecule has 0 aliphatic carbocycles. The second kappa shape index (κ2) is 12.0. The lowest BCUT2D eigenvalue weighted by atomic mass is 10.1. The molecule has 0 aromatic heterocycles. The lowest BCUT2D eigenvalue weighted by Crippen LogP contribution is -2.52. The summed E-state index contributed by atoms with van der Waals surface area (Å²) in [5.74, 6) is 1.90. The summed E-state index contributed by atoms with van der Waals surface area (Å²) in [5, 5.41) is 0. The van der Waals surface area contributed by atoms with Crippen LogP contribution in [0.2, 0.25) is 0 Å². The Kier molecular flexibility index (Phi) is 8.78. The van der Waals surface area contributed by atoms with Crippen LogP contribution in [0.15, 0.2) is 30.3 Å². The van der Waals surface area contributed by atoms with Gasteiger partial charge in [0.1, 0.15) is 12.6 Å². The number of piperazine rings is 1. The van der Waals surface area contributed by atoms with Crippen molar-refractivity contribution in [2.45, 2.75) is 39.0 Å². The second-order valence-electron chi connectivity index (χ2n) is 9.73. The van der Waals surface area contributed by atoms with Gasteiger partial charge in [-0.1, -0.05) is 44.2 Å². The summed E-state index contributed by atoms with van der Waals surface area (Å²) in [5.41, 5.74) is 0.913. The van der Waals surface area contributed by atoms with E-state index < -0.39 is 12.1 Å². The van der Waals surface area contributed by atoms with Crippen LogP contribution in [-0.4, -0.2) is 107 Å². The van der Waals surface area contributed by atoms with Gasteiger partial charge in [0, 0.05) is 51.1 Å². The van der Waals surface area contributed by atoms with Gasteiger partial charge in [-0.2, -0.15) is 0 Å². The first kappa shape index (κ1) is 25.6. The SMILES string of the molecule is CC(C)COC(=O)N1CCN(C2CC(C(=O)N3CCSC3)N(C(=O)OCc3ccccc3)C2)CC1. The van der Waals surface area contributed by atoms with E-state index in [1.165, 1.54) is 0 Å². The third-order valence-corrected chi connectivity index (χ3v) is 7.66. The highest BCUT2D eigenvalue weighted by Gasteiger charge is 2.45. The topological polar surface area (TPSA) is 82.6 Å². The van der Waals surface area contributed by atoms with Crippen molar-refractivity contribution in [3.8, 4) is 0 Å². The van der Waals surface area contributed by atoms with E-state index in [9.17, 15) is 14.4 Å². The smallest absolute Gasteiger partial charge is 0.410 e. The van der Waals surface area contributed by atoms with Crippen molar-refractivity contribution in [1.82, 2.24) is 19.6 Å². The van der Waals surface area contributed by atoms with Gasteiger partial charge in [0.25, 0.3) is 0 Å². The average Bonchev–Trinajstić information content (AvgIpc) is 3.57. The molecule has 4 rings (SSSR count). The van der Waals surface area contributed by atoms with Crippen LogP contribution >= 0.6 is 11.8 Å². The molecule has 3 aliphatic rings. The van der Waals surface area contributed by atoms with E-state index >= 15 is 0 Å². The Balaban J connectivity index is 1.36. The van der Waals surface area contributed by atoms with Gasteiger partial charge in [-0.25, -0.2) is 9.59 Å². The lowest BCUT2D eigenvalue weighted by molar-refractivity contribution is -0.134. The van der Waals surface area contributed by atoms with Crippen LogP contribution in [0, 0.1) is 5.92 Å². The number of carbonyl (C=O) groups excluding carboxylic acids is 3. The Morgan fingerprint density at radius 3 is 2.37 bits per heavy atom. The molecule has 2 atom stereocenters. The Bertz CT molecular complexity index is 872. The Labute approximate surface area is 211 Å². The third-order valence-electron chi connectivity index (χ3n) is 6.70. The van der Waals surface area contributed by atoms with E-state index in [-0.39, 0.29) is 24.6 Å². The highest BCUT2D eigenvalue weighted by atomic mass is 32.2. The van der Waals surface area contributed by atoms with E-state index in [0.29, 0.717) is 64.1 Å². The molecule has 3 fully saturated rings. The minimum atomic E-state index is -0.518. The van der Waals surface area contributed by atoms with E-state index in [2.05, 4.69) is 4.90 Å². The Morgan fingerprint density at radius 1 is 0.971 bits per heavy atom. The lowest BCUT2D eigenvalue weighted by Gasteiger charge is -2.37. The molecular formula is C25H36N4O5S. The Hall–Kier alpha value is -2.46. The van der Waals surface area contributed by atoms with Gasteiger partial charge in [0.05, 0.1) is 12.5 Å². The van der Waals surface area contributed by atoms with E-state index in [1.807, 2.05) is 49.1 Å². The summed E-state index contributed by atoms with van der Waals surface area (Å²) < 4.78 is 11.0. The van der Waals surface area contributed by atoms with E-state index in [4.69, 9.17) is 9.47 Å². The molecular weight excluding hydrogens is 468 g/mol. The van der Waals surface area contributed by atoms with Crippen LogP contribution in [0.4, 0.5) is 9.59 Å². The molecule has 3 amide bonds. The van der Waals surface area contributed by atoms with Crippen molar-refractivity contribution in [1.29, 1.82) is 0 Å². The van der Waals surface area contributed by atoms with Gasteiger partial charge >= 0.3 is 12.2 Å². The van der Waals surface area contributed by atoms with E-state index in [1.54, 1.807) is 21.6 Å². The summed E-state index contributed by atoms with van der Waals surface area (Å²) >= 11 is 1.73. The third kappa shape index (κ3) is 6.61. The van der Waals surface area contributed by atoms with Gasteiger partial charge in [0.15, 0.2) is 0 Å². The molecule has 3 aliphatic heterocycles. The molecule has 1 aromatic carbocycles. The fourth-order valence-corrected chi connectivity index (χ4v) is 5.67. The zero-order chi connectivity index (χ0) is 24.8. The number of nitrogens with zero attached hydrogens (tertiary/aromatic N) is 4. The summed E-state index contributed by atoms with van der Waals surface area (Å²) in [6.07, 6.45) is -0.133. The van der Waals surface area contributed by atoms with Crippen LogP contribution in [0.25, 0.3) is 0 Å². The quantitative estimate of drug-likeness (QED) is 0.589. The molecule has 9 nitrogen and oxygen atoms in total. The number of carbonyl (C=O) groups is 3. The summed E-state index contributed by atoms with van der Waals surface area (Å²) in [6, 6.07) is 9.09. The molecule has 192 valence electrons. The maximum absolute atomic E-state index is 13.3. The van der Waals surface area contributed by atoms with Crippen LogP contribution in [0.1, 0.15) is 25.8 Å². The number of likely N-dealkylation sites (tertiary alicyclic amines) is 1. The van der Waals surface area contributed by atoms with Gasteiger partial charge in [0.2, 0.25) is 5.91 Å². The zero-order valence-electron chi connectivity index (χ0n) is 20.6. The first-order valence-electron chi connectivity index (χ1n) is 12.4. The first-order valence-corrected chi connectivity index (χ1v) is 13.6. The average molecular weight is 505 g/mol. The fraction of sp³-hybridized carbons (Fsp3) is 0.640. The molecule has 10 heteroatoms. The standard InChI is InChI=1S/C25H36N4O5S/c1-19(2)16-33-24(31)27-10-8-26(9-11-27)21-14-22(23(30)28-12-13-35-18-28)29(15-21)25(32)34-17-20-6-4-3-5-7-20/h3-7,19,21-22H,8-18H2,1-2H3. The predicted molar refractivity (Wildman–Crippen MR) is 134 cm³/mol. The van der Waals surface area contributed by atoms with Crippen molar-refractivity contribution in [2.75, 3.05) is 57.5 Å². The molecule has 1 aromatic rings. The molecule has 35 heavy (non-hydrogen) atoms. The van der Waals surface area contributed by atoms with Crippen LogP contribution in [-0.2, 0) is 20.9 Å². The maximum atomic E-state index is 13.3. The number of amides is 3. The number of benzene rings is 1. The number of hydrogen-bond donors (Lipinski definition) is 0. The summed E-state index contributed by atoms with van der Waals surface area (Å²) in [4.78, 5) is 46.2. The minimum absolute atomic E-state index is 0.00469. The van der Waals surface area contributed by atoms with Crippen molar-refractivity contribution in [3.63, 3.8) is 0 Å². The highest BCUT2D eigenvalue weighted by molar-refractivity contribution is 7.99.